The Bertz CT molecular complexity index is 282. The molecule has 0 aromatic carbocycles. The van der Waals surface area contributed by atoms with Crippen molar-refractivity contribution in [2.75, 3.05) is 6.54 Å². The molecule has 96 valence electrons. The Labute approximate surface area is 104 Å². The van der Waals surface area contributed by atoms with E-state index < -0.39 is 0 Å². The van der Waals surface area contributed by atoms with Gasteiger partial charge in [0.1, 0.15) is 0 Å². The summed E-state index contributed by atoms with van der Waals surface area (Å²) < 4.78 is 0. The summed E-state index contributed by atoms with van der Waals surface area (Å²) in [4.78, 5) is 0. The van der Waals surface area contributed by atoms with Crippen molar-refractivity contribution in [1.29, 1.82) is 0 Å². The van der Waals surface area contributed by atoms with E-state index in [9.17, 15) is 0 Å². The van der Waals surface area contributed by atoms with Crippen molar-refractivity contribution in [3.05, 3.63) is 24.5 Å². The first-order valence-corrected chi connectivity index (χ1v) is 6.58. The maximum absolute atomic E-state index is 4.17. The van der Waals surface area contributed by atoms with Gasteiger partial charge in [0.25, 0.3) is 0 Å². The van der Waals surface area contributed by atoms with Gasteiger partial charge in [-0.25, -0.2) is 0 Å². The average molecular weight is 236 g/mol. The Hall–Kier alpha value is -1.16. The highest BCUT2D eigenvalue weighted by atomic mass is 15.3. The zero-order valence-electron chi connectivity index (χ0n) is 10.8. The first-order chi connectivity index (χ1) is 8.38. The highest BCUT2D eigenvalue weighted by Crippen LogP contribution is 2.17. The highest BCUT2D eigenvalue weighted by molar-refractivity contribution is 4.99. The van der Waals surface area contributed by atoms with Crippen molar-refractivity contribution < 1.29 is 0 Å². The van der Waals surface area contributed by atoms with Gasteiger partial charge in [0.15, 0.2) is 0 Å². The van der Waals surface area contributed by atoms with Crippen LogP contribution >= 0.6 is 0 Å². The molecule has 0 amide bonds. The summed E-state index contributed by atoms with van der Waals surface area (Å²) in [5.41, 5.74) is 1.03. The Balaban J connectivity index is 2.28. The maximum Gasteiger partial charge on any atom is 0.0993 e. The molecule has 0 saturated heterocycles. The third-order valence-corrected chi connectivity index (χ3v) is 2.83. The van der Waals surface area contributed by atoms with Crippen LogP contribution in [0.2, 0.25) is 0 Å². The molecule has 1 aromatic rings. The second-order valence-electron chi connectivity index (χ2n) is 4.33. The summed E-state index contributed by atoms with van der Waals surface area (Å²) in [6.07, 6.45) is 10.9. The number of rotatable bonds is 10. The fourth-order valence-electron chi connectivity index (χ4n) is 1.87. The molecule has 17 heavy (non-hydrogen) atoms. The summed E-state index contributed by atoms with van der Waals surface area (Å²) >= 11 is 0. The predicted octanol–water partition coefficient (Wildman–Crippen LogP) is 2.98. The molecule has 0 fully saturated rings. The molecule has 0 spiro atoms. The average Bonchev–Trinajstić information content (AvgIpc) is 2.86. The van der Waals surface area contributed by atoms with Crippen LogP contribution in [0.3, 0.4) is 0 Å². The van der Waals surface area contributed by atoms with Crippen molar-refractivity contribution in [2.45, 2.75) is 51.5 Å². The van der Waals surface area contributed by atoms with Gasteiger partial charge in [-0.3, -0.25) is 0 Å². The standard InChI is InChI=1S/C13H24N4/c1-3-5-6-7-8-9-12(14-10-4-2)13-11-15-17-16-13/h3,11-12,14H,1,4-10H2,2H3,(H,15,16,17). The fourth-order valence-corrected chi connectivity index (χ4v) is 1.87. The zero-order valence-corrected chi connectivity index (χ0v) is 10.8. The number of aromatic nitrogens is 3. The molecular weight excluding hydrogens is 212 g/mol. The van der Waals surface area contributed by atoms with E-state index in [1.807, 2.05) is 12.3 Å². The molecule has 0 saturated carbocycles. The summed E-state index contributed by atoms with van der Waals surface area (Å²) in [6, 6.07) is 0.345. The molecule has 0 radical (unpaired) electrons. The minimum atomic E-state index is 0.345. The van der Waals surface area contributed by atoms with E-state index in [1.165, 1.54) is 19.3 Å². The van der Waals surface area contributed by atoms with Crippen LogP contribution in [0.1, 0.15) is 57.2 Å². The minimum absolute atomic E-state index is 0.345. The van der Waals surface area contributed by atoms with E-state index in [2.05, 4.69) is 34.2 Å². The van der Waals surface area contributed by atoms with Crippen molar-refractivity contribution in [3.8, 4) is 0 Å². The van der Waals surface area contributed by atoms with Crippen molar-refractivity contribution in [1.82, 2.24) is 20.7 Å². The molecule has 1 atom stereocenters. The monoisotopic (exact) mass is 236 g/mol. The second kappa shape index (κ2) is 8.93. The number of hydrogen-bond acceptors (Lipinski definition) is 3. The van der Waals surface area contributed by atoms with Gasteiger partial charge in [-0.1, -0.05) is 25.8 Å². The van der Waals surface area contributed by atoms with Gasteiger partial charge in [-0.05, 0) is 32.2 Å². The third-order valence-electron chi connectivity index (χ3n) is 2.83. The van der Waals surface area contributed by atoms with E-state index in [4.69, 9.17) is 0 Å². The Morgan fingerprint density at radius 2 is 2.35 bits per heavy atom. The molecule has 0 aliphatic carbocycles. The molecule has 1 aromatic heterocycles. The molecule has 1 heterocycles. The zero-order chi connectivity index (χ0) is 12.3. The predicted molar refractivity (Wildman–Crippen MR) is 70.7 cm³/mol. The van der Waals surface area contributed by atoms with E-state index >= 15 is 0 Å². The Kier molecular flexibility index (Phi) is 7.30. The van der Waals surface area contributed by atoms with Gasteiger partial charge in [0.2, 0.25) is 0 Å². The lowest BCUT2D eigenvalue weighted by Gasteiger charge is -2.15. The molecule has 4 heteroatoms. The van der Waals surface area contributed by atoms with Crippen molar-refractivity contribution in [3.63, 3.8) is 0 Å². The summed E-state index contributed by atoms with van der Waals surface area (Å²) in [7, 11) is 0. The van der Waals surface area contributed by atoms with E-state index in [0.29, 0.717) is 6.04 Å². The highest BCUT2D eigenvalue weighted by Gasteiger charge is 2.12. The number of nitrogens with zero attached hydrogens (tertiary/aromatic N) is 2. The number of aromatic amines is 1. The van der Waals surface area contributed by atoms with Gasteiger partial charge >= 0.3 is 0 Å². The van der Waals surface area contributed by atoms with Gasteiger partial charge < -0.3 is 5.32 Å². The topological polar surface area (TPSA) is 53.6 Å². The minimum Gasteiger partial charge on any atom is -0.309 e. The summed E-state index contributed by atoms with van der Waals surface area (Å²) in [5.74, 6) is 0. The molecule has 4 nitrogen and oxygen atoms in total. The van der Waals surface area contributed by atoms with Crippen LogP contribution in [0, 0.1) is 0 Å². The lowest BCUT2D eigenvalue weighted by atomic mass is 10.0. The van der Waals surface area contributed by atoms with Crippen LogP contribution in [-0.4, -0.2) is 22.0 Å². The van der Waals surface area contributed by atoms with Crippen LogP contribution in [0.4, 0.5) is 0 Å². The Morgan fingerprint density at radius 3 is 3.00 bits per heavy atom. The molecule has 0 aliphatic rings. The van der Waals surface area contributed by atoms with Crippen LogP contribution in [-0.2, 0) is 0 Å². The molecule has 1 unspecified atom stereocenters. The van der Waals surface area contributed by atoms with Gasteiger partial charge in [0, 0.05) is 0 Å². The lowest BCUT2D eigenvalue weighted by Crippen LogP contribution is -2.22. The molecule has 1 rings (SSSR count). The maximum atomic E-state index is 4.17. The van der Waals surface area contributed by atoms with Gasteiger partial charge in [-0.2, -0.15) is 15.4 Å². The fraction of sp³-hybridized carbons (Fsp3) is 0.692. The number of hydrogen-bond donors (Lipinski definition) is 2. The van der Waals surface area contributed by atoms with Crippen LogP contribution < -0.4 is 5.32 Å². The SMILES string of the molecule is C=CCCCCCC(NCCC)c1cn[nH]n1. The van der Waals surface area contributed by atoms with E-state index in [-0.39, 0.29) is 0 Å². The number of allylic oxidation sites excluding steroid dienone is 1. The normalized spacial score (nSPS) is 12.5. The van der Waals surface area contributed by atoms with Crippen LogP contribution in [0.25, 0.3) is 0 Å². The lowest BCUT2D eigenvalue weighted by molar-refractivity contribution is 0.463. The van der Waals surface area contributed by atoms with E-state index in [1.54, 1.807) is 0 Å². The summed E-state index contributed by atoms with van der Waals surface area (Å²) in [5, 5.41) is 14.3. The smallest absolute Gasteiger partial charge is 0.0993 e. The molecular formula is C13H24N4. The molecule has 0 bridgehead atoms. The number of nitrogens with one attached hydrogen (secondary N) is 2. The largest absolute Gasteiger partial charge is 0.309 e. The van der Waals surface area contributed by atoms with Gasteiger partial charge in [-0.15, -0.1) is 6.58 Å². The first-order valence-electron chi connectivity index (χ1n) is 6.58. The molecule has 2 N–H and O–H groups in total. The number of H-pyrrole nitrogens is 1. The van der Waals surface area contributed by atoms with E-state index in [0.717, 1.165) is 31.5 Å². The van der Waals surface area contributed by atoms with Crippen LogP contribution in [0.5, 0.6) is 0 Å². The first kappa shape index (κ1) is 13.9. The van der Waals surface area contributed by atoms with Gasteiger partial charge in [0.05, 0.1) is 17.9 Å². The third kappa shape index (κ3) is 5.63. The summed E-state index contributed by atoms with van der Waals surface area (Å²) in [6.45, 7) is 6.95. The number of unbranched alkanes of at least 4 members (excludes halogenated alkanes) is 3. The quantitative estimate of drug-likeness (QED) is 0.485. The van der Waals surface area contributed by atoms with Crippen LogP contribution in [0.15, 0.2) is 18.9 Å². The Morgan fingerprint density at radius 1 is 1.47 bits per heavy atom. The molecule has 0 aliphatic heterocycles. The van der Waals surface area contributed by atoms with Crippen molar-refractivity contribution >= 4 is 0 Å². The van der Waals surface area contributed by atoms with Crippen molar-refractivity contribution in [2.24, 2.45) is 0 Å². The second-order valence-corrected chi connectivity index (χ2v) is 4.33.